The molecule has 0 spiro atoms. The lowest BCUT2D eigenvalue weighted by Gasteiger charge is -2.30. The number of hydrogen-bond acceptors (Lipinski definition) is 3. The maximum absolute atomic E-state index is 5.21. The van der Waals surface area contributed by atoms with Gasteiger partial charge in [0.15, 0.2) is 0 Å². The second-order valence-electron chi connectivity index (χ2n) is 11.1. The van der Waals surface area contributed by atoms with Crippen LogP contribution < -0.4 is 9.80 Å². The van der Waals surface area contributed by atoms with Crippen molar-refractivity contribution in [3.05, 3.63) is 205 Å². The van der Waals surface area contributed by atoms with Crippen molar-refractivity contribution >= 4 is 39.8 Å². The van der Waals surface area contributed by atoms with Crippen molar-refractivity contribution in [2.45, 2.75) is 12.8 Å². The largest absolute Gasteiger partial charge is 0.314 e. The van der Waals surface area contributed by atoms with E-state index in [2.05, 4.69) is 161 Å². The van der Waals surface area contributed by atoms with Gasteiger partial charge in [0.1, 0.15) is 0 Å². The fourth-order valence-corrected chi connectivity index (χ4v) is 5.85. The first kappa shape index (κ1) is 28.6. The van der Waals surface area contributed by atoms with Crippen molar-refractivity contribution in [3.8, 4) is 0 Å². The Labute approximate surface area is 271 Å². The zero-order valence-corrected chi connectivity index (χ0v) is 25.5. The molecule has 0 aliphatic heterocycles. The third kappa shape index (κ3) is 6.38. The third-order valence-electron chi connectivity index (χ3n) is 8.03. The molecule has 0 radical (unpaired) electrons. The summed E-state index contributed by atoms with van der Waals surface area (Å²) in [5, 5.41) is 0. The van der Waals surface area contributed by atoms with Gasteiger partial charge in [0.2, 0.25) is 0 Å². The first-order valence-corrected chi connectivity index (χ1v) is 15.6. The Morgan fingerprint density at radius 2 is 1.04 bits per heavy atom. The number of rotatable bonds is 9. The monoisotopic (exact) mass is 591 g/mol. The maximum atomic E-state index is 5.21. The summed E-state index contributed by atoms with van der Waals surface area (Å²) >= 11 is 0. The lowest BCUT2D eigenvalue weighted by Crippen LogP contribution is -2.19. The van der Waals surface area contributed by atoms with Gasteiger partial charge in [-0.05, 0) is 103 Å². The molecule has 6 aromatic carbocycles. The summed E-state index contributed by atoms with van der Waals surface area (Å²) in [6.45, 7) is 0. The Morgan fingerprint density at radius 3 is 1.57 bits per heavy atom. The highest BCUT2D eigenvalue weighted by atomic mass is 15.2. The lowest BCUT2D eigenvalue weighted by atomic mass is 9.93. The summed E-state index contributed by atoms with van der Waals surface area (Å²) in [5.74, 6) is 0. The summed E-state index contributed by atoms with van der Waals surface area (Å²) in [7, 11) is 0. The minimum Gasteiger partial charge on any atom is -0.314 e. The van der Waals surface area contributed by atoms with E-state index >= 15 is 0 Å². The number of allylic oxidation sites excluding steroid dienone is 4. The Balaban J connectivity index is 1.26. The highest BCUT2D eigenvalue weighted by Crippen LogP contribution is 2.36. The molecule has 3 heteroatoms. The molecule has 0 N–H and O–H groups in total. The summed E-state index contributed by atoms with van der Waals surface area (Å²) in [6, 6.07) is 62.8. The van der Waals surface area contributed by atoms with Crippen LogP contribution >= 0.6 is 0 Å². The molecule has 0 fully saturated rings. The van der Waals surface area contributed by atoms with E-state index in [1.807, 2.05) is 36.4 Å². The molecule has 0 atom stereocenters. The minimum absolute atomic E-state index is 0.875. The zero-order valence-electron chi connectivity index (χ0n) is 25.5. The second-order valence-corrected chi connectivity index (χ2v) is 11.1. The predicted molar refractivity (Wildman–Crippen MR) is 192 cm³/mol. The quantitative estimate of drug-likeness (QED) is 0.156. The SMILES string of the molecule is c1cccc(N(c2ccccc2)c2ccc(C(=Nc3ccccc3)C3=CC=C(N(c4ccccc4)c4ccccc4)CC3)cc2)c#1. The molecule has 0 saturated heterocycles. The van der Waals surface area contributed by atoms with E-state index < -0.39 is 0 Å². The molecule has 0 aromatic heterocycles. The fourth-order valence-electron chi connectivity index (χ4n) is 5.85. The van der Waals surface area contributed by atoms with E-state index in [0.717, 1.165) is 58.2 Å². The van der Waals surface area contributed by atoms with Crippen LogP contribution in [0.15, 0.2) is 192 Å². The first-order chi connectivity index (χ1) is 22.8. The highest BCUT2D eigenvalue weighted by molar-refractivity contribution is 6.14. The van der Waals surface area contributed by atoms with E-state index in [9.17, 15) is 0 Å². The van der Waals surface area contributed by atoms with Crippen LogP contribution in [0, 0.1) is 12.1 Å². The van der Waals surface area contributed by atoms with Gasteiger partial charge in [-0.25, -0.2) is 4.99 Å². The van der Waals surface area contributed by atoms with Crippen molar-refractivity contribution in [3.63, 3.8) is 0 Å². The van der Waals surface area contributed by atoms with Crippen LogP contribution in [0.25, 0.3) is 0 Å². The molecule has 0 heterocycles. The number of nitrogens with zero attached hydrogens (tertiary/aromatic N) is 3. The minimum atomic E-state index is 0.875. The van der Waals surface area contributed by atoms with Crippen LogP contribution in [-0.4, -0.2) is 5.71 Å². The van der Waals surface area contributed by atoms with E-state index in [0.29, 0.717) is 0 Å². The molecule has 7 rings (SSSR count). The molecule has 0 unspecified atom stereocenters. The molecule has 46 heavy (non-hydrogen) atoms. The maximum Gasteiger partial charge on any atom is 0.0973 e. The smallest absolute Gasteiger partial charge is 0.0973 e. The first-order valence-electron chi connectivity index (χ1n) is 15.6. The number of benzene rings is 5. The summed E-state index contributed by atoms with van der Waals surface area (Å²) < 4.78 is 0. The fraction of sp³-hybridized carbons (Fsp3) is 0.0465. The van der Waals surface area contributed by atoms with E-state index in [1.54, 1.807) is 0 Å². The van der Waals surface area contributed by atoms with Gasteiger partial charge >= 0.3 is 0 Å². The van der Waals surface area contributed by atoms with Crippen LogP contribution in [0.3, 0.4) is 0 Å². The van der Waals surface area contributed by atoms with E-state index in [-0.39, 0.29) is 0 Å². The molecule has 0 amide bonds. The number of hydrogen-bond donors (Lipinski definition) is 0. The molecule has 1 aliphatic rings. The Morgan fingerprint density at radius 1 is 0.500 bits per heavy atom. The van der Waals surface area contributed by atoms with Crippen molar-refractivity contribution in [1.29, 1.82) is 0 Å². The lowest BCUT2D eigenvalue weighted by molar-refractivity contribution is 0.899. The molecule has 1 aliphatic carbocycles. The van der Waals surface area contributed by atoms with Crippen LogP contribution in [-0.2, 0) is 0 Å². The van der Waals surface area contributed by atoms with Gasteiger partial charge in [0.05, 0.1) is 17.1 Å². The van der Waals surface area contributed by atoms with Gasteiger partial charge < -0.3 is 9.80 Å². The Hall–Kier alpha value is -6.11. The molecular formula is C43H33N3. The summed E-state index contributed by atoms with van der Waals surface area (Å²) in [6.07, 6.45) is 6.27. The van der Waals surface area contributed by atoms with Crippen LogP contribution in [0.4, 0.5) is 34.1 Å². The van der Waals surface area contributed by atoms with Crippen molar-refractivity contribution in [2.24, 2.45) is 4.99 Å². The molecule has 0 saturated carbocycles. The van der Waals surface area contributed by atoms with Gasteiger partial charge in [-0.15, -0.1) is 0 Å². The number of anilines is 5. The standard InChI is InChI=1S/C43H33N3/c1-6-16-36(17-7-1)44-43(34-26-30-41(31-27-34)45(37-18-8-2-9-19-37)38-20-10-3-11-21-38)35-28-32-42(33-29-35)46(39-22-12-4-13-23-39)40-24-14-5-15-25-40/h1-14,16-24,26,28-30,32-33H,27,31H2. The Kier molecular flexibility index (Phi) is 8.52. The van der Waals surface area contributed by atoms with Gasteiger partial charge in [0, 0.05) is 34.0 Å². The third-order valence-corrected chi connectivity index (χ3v) is 8.03. The van der Waals surface area contributed by atoms with Crippen LogP contribution in [0.1, 0.15) is 18.4 Å². The molecule has 3 nitrogen and oxygen atoms in total. The van der Waals surface area contributed by atoms with Crippen molar-refractivity contribution < 1.29 is 0 Å². The average Bonchev–Trinajstić information content (AvgIpc) is 3.14. The summed E-state index contributed by atoms with van der Waals surface area (Å²) in [4.78, 5) is 9.76. The van der Waals surface area contributed by atoms with Crippen molar-refractivity contribution in [1.82, 2.24) is 0 Å². The molecule has 220 valence electrons. The zero-order chi connectivity index (χ0) is 31.0. The topological polar surface area (TPSA) is 18.8 Å². The van der Waals surface area contributed by atoms with E-state index in [1.165, 1.54) is 11.3 Å². The molecule has 6 aromatic rings. The van der Waals surface area contributed by atoms with Gasteiger partial charge in [-0.2, -0.15) is 0 Å². The average molecular weight is 592 g/mol. The van der Waals surface area contributed by atoms with Crippen molar-refractivity contribution in [2.75, 3.05) is 9.80 Å². The Bertz CT molecular complexity index is 1870. The predicted octanol–water partition coefficient (Wildman–Crippen LogP) is 11.3. The van der Waals surface area contributed by atoms with Gasteiger partial charge in [-0.3, -0.25) is 0 Å². The summed E-state index contributed by atoms with van der Waals surface area (Å²) in [5.41, 5.74) is 10.8. The second kappa shape index (κ2) is 13.7. The van der Waals surface area contributed by atoms with Crippen LogP contribution in [0.5, 0.6) is 0 Å². The van der Waals surface area contributed by atoms with Crippen LogP contribution in [0.2, 0.25) is 0 Å². The number of para-hydroxylation sites is 4. The van der Waals surface area contributed by atoms with E-state index in [4.69, 9.17) is 4.99 Å². The normalized spacial score (nSPS) is 12.8. The van der Waals surface area contributed by atoms with Gasteiger partial charge in [-0.1, -0.05) is 103 Å². The van der Waals surface area contributed by atoms with Gasteiger partial charge in [0.25, 0.3) is 0 Å². The molecular weight excluding hydrogens is 558 g/mol. The molecule has 0 bridgehead atoms. The highest BCUT2D eigenvalue weighted by Gasteiger charge is 2.20. The number of aliphatic imine (C=N–C) groups is 1.